The number of amides is 1. The highest BCUT2D eigenvalue weighted by Gasteiger charge is 2.31. The molecule has 0 radical (unpaired) electrons. The van der Waals surface area contributed by atoms with Crippen LogP contribution >= 0.6 is 0 Å². The van der Waals surface area contributed by atoms with Crippen LogP contribution in [0.15, 0.2) is 0 Å². The normalized spacial score (nSPS) is 22.3. The molecule has 0 N–H and O–H groups in total. The SMILES string of the molecule is CS(=O)(=O)N(CC(=O)N1CCCCCC1)C1CCCCC1. The second-order valence-electron chi connectivity index (χ2n) is 6.40. The van der Waals surface area contributed by atoms with Crippen molar-refractivity contribution >= 4 is 15.9 Å². The molecule has 1 aliphatic heterocycles. The molecule has 2 fully saturated rings. The fourth-order valence-corrected chi connectivity index (χ4v) is 4.54. The Bertz CT molecular complexity index is 436. The van der Waals surface area contributed by atoms with E-state index >= 15 is 0 Å². The number of rotatable bonds is 4. The number of carbonyl (C=O) groups is 1. The molecule has 0 spiro atoms. The summed E-state index contributed by atoms with van der Waals surface area (Å²) < 4.78 is 25.6. The summed E-state index contributed by atoms with van der Waals surface area (Å²) in [7, 11) is -3.32. The number of hydrogen-bond acceptors (Lipinski definition) is 3. The van der Waals surface area contributed by atoms with Crippen LogP contribution in [-0.4, -0.2) is 55.5 Å². The van der Waals surface area contributed by atoms with Crippen LogP contribution in [0.4, 0.5) is 0 Å². The molecule has 1 aliphatic carbocycles. The standard InChI is InChI=1S/C15H28N2O3S/c1-21(19,20)17(14-9-5-4-6-10-14)13-15(18)16-11-7-2-3-8-12-16/h14H,2-13H2,1H3. The van der Waals surface area contributed by atoms with Gasteiger partial charge in [0.05, 0.1) is 12.8 Å². The van der Waals surface area contributed by atoms with Crippen LogP contribution in [0.25, 0.3) is 0 Å². The minimum atomic E-state index is -3.32. The monoisotopic (exact) mass is 316 g/mol. The Morgan fingerprint density at radius 2 is 1.52 bits per heavy atom. The van der Waals surface area contributed by atoms with Crippen LogP contribution in [0.5, 0.6) is 0 Å². The van der Waals surface area contributed by atoms with Gasteiger partial charge >= 0.3 is 0 Å². The van der Waals surface area contributed by atoms with E-state index in [1.165, 1.54) is 29.8 Å². The van der Waals surface area contributed by atoms with Crippen molar-refractivity contribution in [3.05, 3.63) is 0 Å². The van der Waals surface area contributed by atoms with Crippen LogP contribution in [-0.2, 0) is 14.8 Å². The molecular formula is C15H28N2O3S. The lowest BCUT2D eigenvalue weighted by Crippen LogP contribution is -2.47. The fourth-order valence-electron chi connectivity index (χ4n) is 3.44. The Kier molecular flexibility index (Phi) is 6.05. The zero-order valence-electron chi connectivity index (χ0n) is 13.1. The highest BCUT2D eigenvalue weighted by molar-refractivity contribution is 7.88. The lowest BCUT2D eigenvalue weighted by molar-refractivity contribution is -0.131. The molecule has 1 amide bonds. The smallest absolute Gasteiger partial charge is 0.237 e. The van der Waals surface area contributed by atoms with Gasteiger partial charge in [-0.2, -0.15) is 4.31 Å². The molecule has 1 heterocycles. The Hall–Kier alpha value is -0.620. The van der Waals surface area contributed by atoms with Crippen LogP contribution < -0.4 is 0 Å². The quantitative estimate of drug-likeness (QED) is 0.797. The maximum absolute atomic E-state index is 12.5. The number of nitrogens with zero attached hydrogens (tertiary/aromatic N) is 2. The third-order valence-electron chi connectivity index (χ3n) is 4.66. The lowest BCUT2D eigenvalue weighted by Gasteiger charge is -2.33. The fraction of sp³-hybridized carbons (Fsp3) is 0.933. The van der Waals surface area contributed by atoms with E-state index < -0.39 is 10.0 Å². The summed E-state index contributed by atoms with van der Waals surface area (Å²) in [5.41, 5.74) is 0. The maximum Gasteiger partial charge on any atom is 0.237 e. The van der Waals surface area contributed by atoms with Gasteiger partial charge < -0.3 is 4.90 Å². The first kappa shape index (κ1) is 16.7. The van der Waals surface area contributed by atoms with Crippen molar-refractivity contribution < 1.29 is 13.2 Å². The van der Waals surface area contributed by atoms with E-state index in [0.717, 1.165) is 51.6 Å². The van der Waals surface area contributed by atoms with Gasteiger partial charge in [0.2, 0.25) is 15.9 Å². The van der Waals surface area contributed by atoms with Gasteiger partial charge in [-0.25, -0.2) is 8.42 Å². The van der Waals surface area contributed by atoms with E-state index in [0.29, 0.717) is 0 Å². The van der Waals surface area contributed by atoms with Crippen LogP contribution in [0.1, 0.15) is 57.8 Å². The molecule has 122 valence electrons. The number of sulfonamides is 1. The molecule has 5 nitrogen and oxygen atoms in total. The van der Waals surface area contributed by atoms with Crippen molar-refractivity contribution in [2.24, 2.45) is 0 Å². The third-order valence-corrected chi connectivity index (χ3v) is 5.94. The number of likely N-dealkylation sites (tertiary alicyclic amines) is 1. The Labute approximate surface area is 128 Å². The topological polar surface area (TPSA) is 57.7 Å². The first-order chi connectivity index (χ1) is 9.98. The second kappa shape index (κ2) is 7.58. The van der Waals surface area contributed by atoms with E-state index in [1.54, 1.807) is 0 Å². The summed E-state index contributed by atoms with van der Waals surface area (Å²) in [5.74, 6) is -0.0205. The molecule has 21 heavy (non-hydrogen) atoms. The van der Waals surface area contributed by atoms with Gasteiger partial charge in [-0.05, 0) is 25.7 Å². The van der Waals surface area contributed by atoms with Gasteiger partial charge in [-0.3, -0.25) is 4.79 Å². The summed E-state index contributed by atoms with van der Waals surface area (Å²) in [5, 5.41) is 0. The van der Waals surface area contributed by atoms with E-state index in [9.17, 15) is 13.2 Å². The van der Waals surface area contributed by atoms with Crippen LogP contribution in [0.2, 0.25) is 0 Å². The van der Waals surface area contributed by atoms with Gasteiger partial charge in [0.25, 0.3) is 0 Å². The van der Waals surface area contributed by atoms with Gasteiger partial charge in [0, 0.05) is 19.1 Å². The number of carbonyl (C=O) groups excluding carboxylic acids is 1. The van der Waals surface area contributed by atoms with Crippen molar-refractivity contribution in [1.82, 2.24) is 9.21 Å². The van der Waals surface area contributed by atoms with Crippen molar-refractivity contribution in [3.8, 4) is 0 Å². The predicted molar refractivity (Wildman–Crippen MR) is 83.5 cm³/mol. The second-order valence-corrected chi connectivity index (χ2v) is 8.33. The molecule has 2 aliphatic rings. The molecular weight excluding hydrogens is 288 g/mol. The summed E-state index contributed by atoms with van der Waals surface area (Å²) in [6.07, 6.45) is 10.7. The zero-order valence-corrected chi connectivity index (χ0v) is 13.9. The molecule has 0 unspecified atom stereocenters. The summed E-state index contributed by atoms with van der Waals surface area (Å²) >= 11 is 0. The van der Waals surface area contributed by atoms with Crippen molar-refractivity contribution in [2.75, 3.05) is 25.9 Å². The van der Waals surface area contributed by atoms with E-state index in [4.69, 9.17) is 0 Å². The molecule has 0 bridgehead atoms. The van der Waals surface area contributed by atoms with Gasteiger partial charge in [0.1, 0.15) is 0 Å². The van der Waals surface area contributed by atoms with Gasteiger partial charge in [-0.1, -0.05) is 32.1 Å². The zero-order chi connectivity index (χ0) is 15.3. The molecule has 0 aromatic heterocycles. The summed E-state index contributed by atoms with van der Waals surface area (Å²) in [6, 6.07) is 0.0182. The molecule has 0 atom stereocenters. The van der Waals surface area contributed by atoms with E-state index in [-0.39, 0.29) is 18.5 Å². The van der Waals surface area contributed by atoms with Gasteiger partial charge in [-0.15, -0.1) is 0 Å². The molecule has 6 heteroatoms. The van der Waals surface area contributed by atoms with Crippen LogP contribution in [0.3, 0.4) is 0 Å². The summed E-state index contributed by atoms with van der Waals surface area (Å²) in [4.78, 5) is 14.3. The van der Waals surface area contributed by atoms with Crippen molar-refractivity contribution in [3.63, 3.8) is 0 Å². The largest absolute Gasteiger partial charge is 0.342 e. The Morgan fingerprint density at radius 1 is 1.00 bits per heavy atom. The Morgan fingerprint density at radius 3 is 2.05 bits per heavy atom. The Balaban J connectivity index is 2.01. The summed E-state index contributed by atoms with van der Waals surface area (Å²) in [6.45, 7) is 1.59. The van der Waals surface area contributed by atoms with Crippen LogP contribution in [0, 0.1) is 0 Å². The molecule has 1 saturated carbocycles. The highest BCUT2D eigenvalue weighted by atomic mass is 32.2. The van der Waals surface area contributed by atoms with Crippen molar-refractivity contribution in [1.29, 1.82) is 0 Å². The third kappa shape index (κ3) is 4.95. The average molecular weight is 316 g/mol. The first-order valence-electron chi connectivity index (χ1n) is 8.23. The average Bonchev–Trinajstić information content (AvgIpc) is 2.73. The predicted octanol–water partition coefficient (Wildman–Crippen LogP) is 1.98. The minimum Gasteiger partial charge on any atom is -0.342 e. The van der Waals surface area contributed by atoms with E-state index in [1.807, 2.05) is 4.90 Å². The molecule has 0 aromatic rings. The van der Waals surface area contributed by atoms with E-state index in [2.05, 4.69) is 0 Å². The minimum absolute atomic E-state index is 0.0182. The molecule has 1 saturated heterocycles. The molecule has 2 rings (SSSR count). The maximum atomic E-state index is 12.5. The lowest BCUT2D eigenvalue weighted by atomic mass is 9.95. The number of hydrogen-bond donors (Lipinski definition) is 0. The molecule has 0 aromatic carbocycles. The van der Waals surface area contributed by atoms with Crippen molar-refractivity contribution in [2.45, 2.75) is 63.8 Å². The van der Waals surface area contributed by atoms with Gasteiger partial charge in [0.15, 0.2) is 0 Å². The first-order valence-corrected chi connectivity index (χ1v) is 10.1. The highest BCUT2D eigenvalue weighted by Crippen LogP contribution is 2.24.